The fraction of sp³-hybridized carbons (Fsp3) is 0. The molecule has 28 heavy (non-hydrogen) atoms. The summed E-state index contributed by atoms with van der Waals surface area (Å²) in [5.74, 6) is 0.984. The Bertz CT molecular complexity index is 1340. The van der Waals surface area contributed by atoms with Crippen LogP contribution in [0.15, 0.2) is 103 Å². The summed E-state index contributed by atoms with van der Waals surface area (Å²) in [5, 5.41) is 7.60. The Morgan fingerprint density at radius 1 is 0.500 bits per heavy atom. The molecule has 0 aromatic heterocycles. The van der Waals surface area contributed by atoms with Crippen LogP contribution in [0.1, 0.15) is 0 Å². The Hall–Kier alpha value is -3.15. The van der Waals surface area contributed by atoms with Crippen LogP contribution in [-0.4, -0.2) is 0 Å². The van der Waals surface area contributed by atoms with Crippen LogP contribution in [0.5, 0.6) is 5.75 Å². The van der Waals surface area contributed by atoms with E-state index in [0.29, 0.717) is 0 Å². The molecule has 1 aliphatic rings. The monoisotopic (exact) mass is 376 g/mol. The second kappa shape index (κ2) is 6.19. The Morgan fingerprint density at radius 3 is 1.86 bits per heavy atom. The SMILES string of the molecule is c1ccc(P2Oc3ccc4ccccc4c3-c3c2ccc2ccccc32)cc1. The van der Waals surface area contributed by atoms with Crippen molar-refractivity contribution in [3.63, 3.8) is 0 Å². The van der Waals surface area contributed by atoms with Crippen molar-refractivity contribution in [1.29, 1.82) is 0 Å². The molecule has 0 saturated heterocycles. The molecule has 6 rings (SSSR count). The lowest BCUT2D eigenvalue weighted by Gasteiger charge is -2.30. The van der Waals surface area contributed by atoms with Gasteiger partial charge < -0.3 is 4.52 Å². The van der Waals surface area contributed by atoms with Gasteiger partial charge in [0.15, 0.2) is 8.15 Å². The maximum atomic E-state index is 6.67. The van der Waals surface area contributed by atoms with Gasteiger partial charge in [0.05, 0.1) is 0 Å². The lowest BCUT2D eigenvalue weighted by Crippen LogP contribution is -2.21. The molecule has 0 aliphatic carbocycles. The van der Waals surface area contributed by atoms with Crippen LogP contribution in [0.25, 0.3) is 32.7 Å². The van der Waals surface area contributed by atoms with Gasteiger partial charge in [-0.2, -0.15) is 0 Å². The fourth-order valence-corrected chi connectivity index (χ4v) is 6.10. The van der Waals surface area contributed by atoms with E-state index < -0.39 is 8.15 Å². The van der Waals surface area contributed by atoms with Crippen molar-refractivity contribution in [2.45, 2.75) is 0 Å². The number of fused-ring (bicyclic) bond motifs is 7. The van der Waals surface area contributed by atoms with Crippen molar-refractivity contribution in [3.8, 4) is 16.9 Å². The number of rotatable bonds is 1. The van der Waals surface area contributed by atoms with Crippen molar-refractivity contribution in [2.24, 2.45) is 0 Å². The van der Waals surface area contributed by atoms with E-state index in [1.165, 1.54) is 43.3 Å². The smallest absolute Gasteiger partial charge is 0.151 e. The minimum atomic E-state index is -0.898. The Morgan fingerprint density at radius 2 is 1.11 bits per heavy atom. The van der Waals surface area contributed by atoms with E-state index in [1.54, 1.807) is 0 Å². The summed E-state index contributed by atoms with van der Waals surface area (Å²) in [5.41, 5.74) is 2.55. The van der Waals surface area contributed by atoms with Gasteiger partial charge in [0, 0.05) is 21.7 Å². The highest BCUT2D eigenvalue weighted by Crippen LogP contribution is 2.52. The summed E-state index contributed by atoms with van der Waals surface area (Å²) in [6.07, 6.45) is 0. The second-order valence-corrected chi connectivity index (χ2v) is 8.83. The lowest BCUT2D eigenvalue weighted by atomic mass is 9.93. The van der Waals surface area contributed by atoms with Crippen LogP contribution in [0, 0.1) is 0 Å². The molecule has 5 aromatic rings. The Kier molecular flexibility index (Phi) is 3.51. The zero-order valence-electron chi connectivity index (χ0n) is 15.2. The van der Waals surface area contributed by atoms with Crippen LogP contribution in [0.2, 0.25) is 0 Å². The van der Waals surface area contributed by atoms with Gasteiger partial charge in [0.2, 0.25) is 0 Å². The van der Waals surface area contributed by atoms with Crippen LogP contribution in [-0.2, 0) is 0 Å². The highest BCUT2D eigenvalue weighted by molar-refractivity contribution is 7.69. The summed E-state index contributed by atoms with van der Waals surface area (Å²) in [6, 6.07) is 36.7. The minimum Gasteiger partial charge on any atom is -0.464 e. The fourth-order valence-electron chi connectivity index (χ4n) is 4.18. The molecule has 1 heterocycles. The lowest BCUT2D eigenvalue weighted by molar-refractivity contribution is 0.630. The first-order chi connectivity index (χ1) is 13.9. The van der Waals surface area contributed by atoms with Crippen LogP contribution < -0.4 is 15.1 Å². The van der Waals surface area contributed by atoms with E-state index >= 15 is 0 Å². The normalized spacial score (nSPS) is 15.1. The molecular formula is C26H17OP. The van der Waals surface area contributed by atoms with E-state index in [0.717, 1.165) is 5.75 Å². The quantitative estimate of drug-likeness (QED) is 0.308. The van der Waals surface area contributed by atoms with Gasteiger partial charge in [-0.3, -0.25) is 0 Å². The predicted octanol–water partition coefficient (Wildman–Crippen LogP) is 6.40. The van der Waals surface area contributed by atoms with E-state index in [9.17, 15) is 0 Å². The third-order valence-electron chi connectivity index (χ3n) is 5.45. The summed E-state index contributed by atoms with van der Waals surface area (Å²) in [7, 11) is -0.898. The number of benzene rings is 5. The summed E-state index contributed by atoms with van der Waals surface area (Å²) in [6.45, 7) is 0. The molecule has 0 radical (unpaired) electrons. The molecule has 2 heteroatoms. The van der Waals surface area contributed by atoms with Gasteiger partial charge in [-0.05, 0) is 33.7 Å². The Balaban J connectivity index is 1.76. The first-order valence-electron chi connectivity index (χ1n) is 9.47. The summed E-state index contributed by atoms with van der Waals surface area (Å²) in [4.78, 5) is 0. The van der Waals surface area contributed by atoms with Gasteiger partial charge in [0.25, 0.3) is 0 Å². The van der Waals surface area contributed by atoms with Crippen molar-refractivity contribution in [1.82, 2.24) is 0 Å². The van der Waals surface area contributed by atoms with E-state index in [1.807, 2.05) is 0 Å². The minimum absolute atomic E-state index is 0.898. The first-order valence-corrected chi connectivity index (χ1v) is 10.7. The molecular weight excluding hydrogens is 359 g/mol. The highest BCUT2D eigenvalue weighted by Gasteiger charge is 2.30. The molecule has 1 aliphatic heterocycles. The third-order valence-corrected chi connectivity index (χ3v) is 7.40. The second-order valence-electron chi connectivity index (χ2n) is 7.06. The van der Waals surface area contributed by atoms with Crippen LogP contribution in [0.4, 0.5) is 0 Å². The molecule has 0 N–H and O–H groups in total. The van der Waals surface area contributed by atoms with E-state index in [2.05, 4.69) is 103 Å². The zero-order chi connectivity index (χ0) is 18.5. The Labute approximate surface area is 165 Å². The van der Waals surface area contributed by atoms with Crippen molar-refractivity contribution in [3.05, 3.63) is 103 Å². The summed E-state index contributed by atoms with van der Waals surface area (Å²) >= 11 is 0. The van der Waals surface area contributed by atoms with Crippen molar-refractivity contribution >= 4 is 40.3 Å². The zero-order valence-corrected chi connectivity index (χ0v) is 16.1. The molecule has 0 fully saturated rings. The van der Waals surface area contributed by atoms with Crippen molar-refractivity contribution < 1.29 is 4.52 Å². The molecule has 0 spiro atoms. The topological polar surface area (TPSA) is 9.23 Å². The van der Waals surface area contributed by atoms with Gasteiger partial charge in [-0.25, -0.2) is 0 Å². The maximum Gasteiger partial charge on any atom is 0.151 e. The molecule has 0 saturated carbocycles. The maximum absolute atomic E-state index is 6.67. The van der Waals surface area contributed by atoms with Gasteiger partial charge in [-0.15, -0.1) is 0 Å². The van der Waals surface area contributed by atoms with Gasteiger partial charge >= 0.3 is 0 Å². The number of hydrogen-bond donors (Lipinski definition) is 0. The van der Waals surface area contributed by atoms with Crippen LogP contribution in [0.3, 0.4) is 0 Å². The van der Waals surface area contributed by atoms with Crippen LogP contribution >= 0.6 is 8.15 Å². The highest BCUT2D eigenvalue weighted by atomic mass is 31.1. The molecule has 1 atom stereocenters. The molecule has 1 nitrogen and oxygen atoms in total. The van der Waals surface area contributed by atoms with Gasteiger partial charge in [-0.1, -0.05) is 91.0 Å². The van der Waals surface area contributed by atoms with E-state index in [-0.39, 0.29) is 0 Å². The van der Waals surface area contributed by atoms with Crippen molar-refractivity contribution in [2.75, 3.05) is 0 Å². The largest absolute Gasteiger partial charge is 0.464 e. The van der Waals surface area contributed by atoms with Gasteiger partial charge in [0.1, 0.15) is 5.75 Å². The average Bonchev–Trinajstić information content (AvgIpc) is 2.78. The molecule has 132 valence electrons. The molecule has 1 unspecified atom stereocenters. The third kappa shape index (κ3) is 2.30. The number of hydrogen-bond acceptors (Lipinski definition) is 1. The predicted molar refractivity (Wildman–Crippen MR) is 120 cm³/mol. The van der Waals surface area contributed by atoms with E-state index in [4.69, 9.17) is 4.52 Å². The first kappa shape index (κ1) is 15.9. The molecule has 5 aromatic carbocycles. The molecule has 0 amide bonds. The standard InChI is InChI=1S/C26H17OP/c1-2-10-20(11-3-1)28-24-17-15-19-9-5-7-13-22(19)26(24)25-21-12-6-4-8-18(21)14-16-23(25)27-28/h1-17H. The molecule has 0 bridgehead atoms. The summed E-state index contributed by atoms with van der Waals surface area (Å²) < 4.78 is 6.67. The average molecular weight is 376 g/mol.